The minimum Gasteiger partial charge on any atom is -0.496 e. The first-order valence-electron chi connectivity index (χ1n) is 5.94. The molecule has 0 spiro atoms. The molecule has 1 saturated carbocycles. The quantitative estimate of drug-likeness (QED) is 0.637. The van der Waals surface area contributed by atoms with Gasteiger partial charge in [0.05, 0.1) is 7.11 Å². The van der Waals surface area contributed by atoms with Crippen molar-refractivity contribution < 1.29 is 9.53 Å². The smallest absolute Gasteiger partial charge is 0.243 e. The Hall–Kier alpha value is -2.10. The van der Waals surface area contributed by atoms with E-state index in [1.807, 2.05) is 30.3 Å². The van der Waals surface area contributed by atoms with Gasteiger partial charge in [0.15, 0.2) is 0 Å². The SMILES string of the molecule is COc1ccccc1C=CC=NNC(=O)C1CC1. The largest absolute Gasteiger partial charge is 0.496 e. The lowest BCUT2D eigenvalue weighted by molar-refractivity contribution is -0.122. The molecule has 0 atom stereocenters. The second-order valence-corrected chi connectivity index (χ2v) is 4.13. The van der Waals surface area contributed by atoms with E-state index in [4.69, 9.17) is 4.74 Å². The summed E-state index contributed by atoms with van der Waals surface area (Å²) in [6.45, 7) is 0. The zero-order valence-corrected chi connectivity index (χ0v) is 10.3. The molecule has 0 aliphatic heterocycles. The minimum absolute atomic E-state index is 0.0111. The van der Waals surface area contributed by atoms with Crippen LogP contribution < -0.4 is 10.2 Å². The Labute approximate surface area is 106 Å². The molecule has 1 aromatic rings. The molecule has 1 fully saturated rings. The van der Waals surface area contributed by atoms with Gasteiger partial charge in [-0.25, -0.2) is 5.43 Å². The van der Waals surface area contributed by atoms with Gasteiger partial charge in [-0.05, 0) is 31.1 Å². The maximum Gasteiger partial charge on any atom is 0.243 e. The Morgan fingerprint density at radius 1 is 1.44 bits per heavy atom. The lowest BCUT2D eigenvalue weighted by atomic mass is 10.2. The third kappa shape index (κ3) is 3.45. The van der Waals surface area contributed by atoms with E-state index in [0.717, 1.165) is 24.2 Å². The van der Waals surface area contributed by atoms with Crippen molar-refractivity contribution in [3.05, 3.63) is 35.9 Å². The van der Waals surface area contributed by atoms with Crippen LogP contribution in [0.15, 0.2) is 35.4 Å². The normalized spacial score (nSPS) is 15.2. The topological polar surface area (TPSA) is 50.7 Å². The highest BCUT2D eigenvalue weighted by Gasteiger charge is 2.29. The summed E-state index contributed by atoms with van der Waals surface area (Å²) in [6.07, 6.45) is 7.18. The number of amides is 1. The van der Waals surface area contributed by atoms with Crippen molar-refractivity contribution in [1.82, 2.24) is 5.43 Å². The summed E-state index contributed by atoms with van der Waals surface area (Å²) in [5.74, 6) is 1.00. The van der Waals surface area contributed by atoms with Crippen LogP contribution in [0.25, 0.3) is 6.08 Å². The number of nitrogens with one attached hydrogen (secondary N) is 1. The standard InChI is InChI=1S/C14H16N2O2/c1-18-13-7-3-2-5-11(13)6-4-10-15-16-14(17)12-8-9-12/h2-7,10,12H,8-9H2,1H3,(H,16,17). The highest BCUT2D eigenvalue weighted by atomic mass is 16.5. The molecule has 94 valence electrons. The van der Waals surface area contributed by atoms with Crippen LogP contribution in [0.1, 0.15) is 18.4 Å². The molecular weight excluding hydrogens is 228 g/mol. The highest BCUT2D eigenvalue weighted by Crippen LogP contribution is 2.28. The molecule has 1 amide bonds. The average molecular weight is 244 g/mol. The second-order valence-electron chi connectivity index (χ2n) is 4.13. The first kappa shape index (κ1) is 12.4. The van der Waals surface area contributed by atoms with E-state index in [-0.39, 0.29) is 11.8 Å². The minimum atomic E-state index is 0.0111. The number of nitrogens with zero attached hydrogens (tertiary/aromatic N) is 1. The van der Waals surface area contributed by atoms with E-state index < -0.39 is 0 Å². The first-order valence-corrected chi connectivity index (χ1v) is 5.94. The molecule has 0 unspecified atom stereocenters. The number of rotatable bonds is 5. The van der Waals surface area contributed by atoms with Crippen molar-refractivity contribution in [1.29, 1.82) is 0 Å². The molecule has 0 radical (unpaired) electrons. The second kappa shape index (κ2) is 6.00. The van der Waals surface area contributed by atoms with Gasteiger partial charge >= 0.3 is 0 Å². The molecule has 0 aromatic heterocycles. The number of benzene rings is 1. The molecule has 0 heterocycles. The summed E-state index contributed by atoms with van der Waals surface area (Å²) in [5.41, 5.74) is 3.48. The van der Waals surface area contributed by atoms with Crippen molar-refractivity contribution in [2.45, 2.75) is 12.8 Å². The molecule has 0 bridgehead atoms. The van der Waals surface area contributed by atoms with Crippen LogP contribution in [0, 0.1) is 5.92 Å². The number of hydrogen-bond donors (Lipinski definition) is 1. The molecule has 18 heavy (non-hydrogen) atoms. The third-order valence-electron chi connectivity index (χ3n) is 2.70. The molecule has 1 N–H and O–H groups in total. The van der Waals surface area contributed by atoms with Gasteiger partial charge in [-0.1, -0.05) is 18.2 Å². The maximum absolute atomic E-state index is 11.3. The van der Waals surface area contributed by atoms with Gasteiger partial charge in [-0.2, -0.15) is 5.10 Å². The van der Waals surface area contributed by atoms with Crippen molar-refractivity contribution in [3.63, 3.8) is 0 Å². The maximum atomic E-state index is 11.3. The lowest BCUT2D eigenvalue weighted by Crippen LogP contribution is -2.18. The van der Waals surface area contributed by atoms with Gasteiger partial charge in [0.25, 0.3) is 0 Å². The fraction of sp³-hybridized carbons (Fsp3) is 0.286. The van der Waals surface area contributed by atoms with Crippen LogP contribution in [0.2, 0.25) is 0 Å². The predicted octanol–water partition coefficient (Wildman–Crippen LogP) is 2.22. The molecule has 2 rings (SSSR count). The molecular formula is C14H16N2O2. The Bertz CT molecular complexity index is 476. The van der Waals surface area contributed by atoms with Crippen molar-refractivity contribution in [2.75, 3.05) is 7.11 Å². The molecule has 4 nitrogen and oxygen atoms in total. The number of ether oxygens (including phenoxy) is 1. The van der Waals surface area contributed by atoms with Crippen LogP contribution in [-0.4, -0.2) is 19.2 Å². The molecule has 4 heteroatoms. The lowest BCUT2D eigenvalue weighted by Gasteiger charge is -2.02. The fourth-order valence-electron chi connectivity index (χ4n) is 1.53. The molecule has 1 aliphatic carbocycles. The summed E-state index contributed by atoms with van der Waals surface area (Å²) in [5, 5.41) is 3.85. The number of methoxy groups -OCH3 is 1. The number of carbonyl (C=O) groups is 1. The summed E-state index contributed by atoms with van der Waals surface area (Å²) < 4.78 is 5.21. The number of allylic oxidation sites excluding steroid dienone is 1. The van der Waals surface area contributed by atoms with Crippen LogP contribution in [0.5, 0.6) is 5.75 Å². The van der Waals surface area contributed by atoms with Gasteiger partial charge in [0.2, 0.25) is 5.91 Å². The average Bonchev–Trinajstić information content (AvgIpc) is 3.23. The summed E-state index contributed by atoms with van der Waals surface area (Å²) in [7, 11) is 1.64. The summed E-state index contributed by atoms with van der Waals surface area (Å²) >= 11 is 0. The zero-order chi connectivity index (χ0) is 12.8. The van der Waals surface area contributed by atoms with Crippen molar-refractivity contribution in [3.8, 4) is 5.75 Å². The Morgan fingerprint density at radius 2 is 2.22 bits per heavy atom. The summed E-state index contributed by atoms with van der Waals surface area (Å²) in [4.78, 5) is 11.3. The predicted molar refractivity (Wildman–Crippen MR) is 71.4 cm³/mol. The van der Waals surface area contributed by atoms with E-state index in [0.29, 0.717) is 0 Å². The van der Waals surface area contributed by atoms with Gasteiger partial charge in [-0.15, -0.1) is 0 Å². The van der Waals surface area contributed by atoms with Crippen molar-refractivity contribution in [2.24, 2.45) is 11.0 Å². The number of hydrazone groups is 1. The van der Waals surface area contributed by atoms with Crippen LogP contribution >= 0.6 is 0 Å². The summed E-state index contributed by atoms with van der Waals surface area (Å²) in [6, 6.07) is 7.70. The molecule has 0 saturated heterocycles. The van der Waals surface area contributed by atoms with E-state index in [1.54, 1.807) is 19.4 Å². The van der Waals surface area contributed by atoms with E-state index >= 15 is 0 Å². The van der Waals surface area contributed by atoms with Gasteiger partial charge < -0.3 is 4.74 Å². The number of para-hydroxylation sites is 1. The van der Waals surface area contributed by atoms with Gasteiger partial charge in [0, 0.05) is 17.7 Å². The zero-order valence-electron chi connectivity index (χ0n) is 10.3. The van der Waals surface area contributed by atoms with E-state index in [1.165, 1.54) is 0 Å². The fourth-order valence-corrected chi connectivity index (χ4v) is 1.53. The number of hydrogen-bond acceptors (Lipinski definition) is 3. The highest BCUT2D eigenvalue weighted by molar-refractivity contribution is 5.83. The van der Waals surface area contributed by atoms with Crippen LogP contribution in [0.3, 0.4) is 0 Å². The Kier molecular flexibility index (Phi) is 4.12. The van der Waals surface area contributed by atoms with Crippen molar-refractivity contribution >= 4 is 18.2 Å². The molecule has 1 aromatic carbocycles. The van der Waals surface area contributed by atoms with Crippen LogP contribution in [-0.2, 0) is 4.79 Å². The van der Waals surface area contributed by atoms with Gasteiger partial charge in [0.1, 0.15) is 5.75 Å². The van der Waals surface area contributed by atoms with E-state index in [2.05, 4.69) is 10.5 Å². The monoisotopic (exact) mass is 244 g/mol. The van der Waals surface area contributed by atoms with Gasteiger partial charge in [-0.3, -0.25) is 4.79 Å². The molecule has 1 aliphatic rings. The first-order chi connectivity index (χ1) is 8.81. The Balaban J connectivity index is 1.86. The van der Waals surface area contributed by atoms with E-state index in [9.17, 15) is 4.79 Å². The van der Waals surface area contributed by atoms with Crippen LogP contribution in [0.4, 0.5) is 0 Å². The Morgan fingerprint density at radius 3 is 2.94 bits per heavy atom. The third-order valence-corrected chi connectivity index (χ3v) is 2.70. The number of carbonyl (C=O) groups excluding carboxylic acids is 1.